The summed E-state index contributed by atoms with van der Waals surface area (Å²) >= 11 is 0. The Morgan fingerprint density at radius 3 is 1.42 bits per heavy atom. The molecular weight excluding hydrogens is 903 g/mol. The van der Waals surface area contributed by atoms with E-state index in [0.29, 0.717) is 27.8 Å². The van der Waals surface area contributed by atoms with Gasteiger partial charge in [0.2, 0.25) is 0 Å². The first-order valence-corrected chi connectivity index (χ1v) is 28.6. The van der Waals surface area contributed by atoms with Crippen LogP contribution in [-0.2, 0) is 42.4 Å². The number of fused-ring (bicyclic) bond motifs is 1. The summed E-state index contributed by atoms with van der Waals surface area (Å²) in [6.07, 6.45) is 27.2. The summed E-state index contributed by atoms with van der Waals surface area (Å²) in [5, 5.41) is 1.27. The van der Waals surface area contributed by atoms with Gasteiger partial charge in [0, 0.05) is 18.2 Å². The Morgan fingerprint density at radius 2 is 0.986 bits per heavy atom. The number of ether oxygens (including phenoxy) is 1. The molecule has 1 aliphatic heterocycles. The number of hydrogen-bond donors (Lipinski definition) is 0. The van der Waals surface area contributed by atoms with Crippen LogP contribution in [-0.4, -0.2) is 23.8 Å². The van der Waals surface area contributed by atoms with Crippen LogP contribution in [0.3, 0.4) is 0 Å². The van der Waals surface area contributed by atoms with E-state index in [1.54, 1.807) is 11.1 Å². The van der Waals surface area contributed by atoms with Crippen LogP contribution in [0.5, 0.6) is 0 Å². The van der Waals surface area contributed by atoms with Gasteiger partial charge in [0.25, 0.3) is 0 Å². The first-order chi connectivity index (χ1) is 35.3. The second-order valence-corrected chi connectivity index (χ2v) is 24.8. The van der Waals surface area contributed by atoms with Crippen LogP contribution < -0.4 is 0 Å². The Bertz CT molecular complexity index is 2530. The molecule has 3 saturated carbocycles. The minimum absolute atomic E-state index is 0.231. The third-order valence-corrected chi connectivity index (χ3v) is 16.7. The molecule has 0 N–H and O–H groups in total. The van der Waals surface area contributed by atoms with E-state index >= 15 is 0 Å². The maximum Gasteiger partial charge on any atom is 0.373 e. The van der Waals surface area contributed by atoms with E-state index in [0.717, 1.165) is 18.5 Å². The molecular formula is C70H95NO3. The lowest BCUT2D eigenvalue weighted by molar-refractivity contribution is -0.191. The van der Waals surface area contributed by atoms with Gasteiger partial charge in [0.15, 0.2) is 0 Å². The van der Waals surface area contributed by atoms with Crippen molar-refractivity contribution in [1.82, 2.24) is 4.98 Å². The normalized spacial score (nSPS) is 18.6. The van der Waals surface area contributed by atoms with Gasteiger partial charge in [-0.3, -0.25) is 4.98 Å². The molecule has 0 amide bonds. The maximum atomic E-state index is 8.12. The van der Waals surface area contributed by atoms with Crippen LogP contribution in [0.4, 0.5) is 0 Å². The molecule has 398 valence electrons. The van der Waals surface area contributed by atoms with Crippen LogP contribution >= 0.6 is 0 Å². The molecule has 4 nitrogen and oxygen atoms in total. The third-order valence-electron chi connectivity index (χ3n) is 16.7. The summed E-state index contributed by atoms with van der Waals surface area (Å²) in [6, 6.07) is 48.5. The number of rotatable bonds is 5. The van der Waals surface area contributed by atoms with Crippen LogP contribution in [0, 0.1) is 12.3 Å². The Labute approximate surface area is 450 Å². The molecule has 5 aromatic carbocycles. The minimum Gasteiger partial charge on any atom is -0.378 e. The van der Waals surface area contributed by atoms with Gasteiger partial charge in [-0.05, 0) is 143 Å². The Kier molecular flexibility index (Phi) is 23.1. The number of aryl methyl sites for hydroxylation is 2. The number of nitrogens with zero attached hydrogens (tertiary/aromatic N) is 1. The molecule has 0 spiro atoms. The summed E-state index contributed by atoms with van der Waals surface area (Å²) in [5.41, 5.74) is 14.3. The average molecular weight is 999 g/mol. The second-order valence-electron chi connectivity index (χ2n) is 24.8. The van der Waals surface area contributed by atoms with Crippen molar-refractivity contribution in [3.8, 4) is 11.1 Å². The number of aromatic nitrogens is 1. The van der Waals surface area contributed by atoms with Crippen molar-refractivity contribution in [2.45, 2.75) is 219 Å². The van der Waals surface area contributed by atoms with Gasteiger partial charge in [0.1, 0.15) is 0 Å². The van der Waals surface area contributed by atoms with Gasteiger partial charge < -0.3 is 4.74 Å². The molecule has 2 heterocycles. The van der Waals surface area contributed by atoms with Crippen LogP contribution in [0.1, 0.15) is 212 Å². The van der Waals surface area contributed by atoms with Crippen molar-refractivity contribution in [3.05, 3.63) is 173 Å². The quantitative estimate of drug-likeness (QED) is 0.173. The van der Waals surface area contributed by atoms with Crippen molar-refractivity contribution >= 4 is 17.1 Å². The zero-order chi connectivity index (χ0) is 53.7. The highest BCUT2D eigenvalue weighted by atomic mass is 16.5. The van der Waals surface area contributed by atoms with E-state index in [9.17, 15) is 0 Å². The number of para-hydroxylation sites is 1. The molecule has 1 aromatic heterocycles. The Morgan fingerprint density at radius 1 is 0.541 bits per heavy atom. The fourth-order valence-electron chi connectivity index (χ4n) is 11.4. The monoisotopic (exact) mass is 998 g/mol. The number of hydrogen-bond acceptors (Lipinski definition) is 4. The Balaban J connectivity index is 0.000000171. The number of pyridine rings is 1. The first-order valence-electron chi connectivity index (χ1n) is 28.6. The minimum atomic E-state index is 0.231. The molecule has 4 heteroatoms. The predicted molar refractivity (Wildman–Crippen MR) is 314 cm³/mol. The summed E-state index contributed by atoms with van der Waals surface area (Å²) in [6.45, 7) is 26.1. The first kappa shape index (κ1) is 59.7. The molecule has 1 unspecified atom stereocenters. The van der Waals surface area contributed by atoms with Crippen LogP contribution in [0.15, 0.2) is 140 Å². The molecule has 4 aliphatic rings. The van der Waals surface area contributed by atoms with Crippen LogP contribution in [0.25, 0.3) is 22.0 Å². The van der Waals surface area contributed by atoms with Crippen molar-refractivity contribution < 1.29 is 14.3 Å². The predicted octanol–water partition coefficient (Wildman–Crippen LogP) is 19.4. The van der Waals surface area contributed by atoms with E-state index < -0.39 is 0 Å². The molecule has 10 rings (SSSR count). The lowest BCUT2D eigenvalue weighted by Gasteiger charge is -2.34. The molecule has 0 radical (unpaired) electrons. The third kappa shape index (κ3) is 18.3. The summed E-state index contributed by atoms with van der Waals surface area (Å²) in [7, 11) is 0. The fraction of sp³-hybridized carbons (Fsp3) is 0.514. The van der Waals surface area contributed by atoms with Crippen molar-refractivity contribution in [2.75, 3.05) is 6.61 Å². The van der Waals surface area contributed by atoms with Crippen molar-refractivity contribution in [3.63, 3.8) is 0 Å². The highest BCUT2D eigenvalue weighted by molar-refractivity contribution is 5.79. The summed E-state index contributed by atoms with van der Waals surface area (Å²) < 4.78 is 5.52. The van der Waals surface area contributed by atoms with Gasteiger partial charge in [-0.15, -0.1) is 0 Å². The van der Waals surface area contributed by atoms with Crippen molar-refractivity contribution in [1.29, 1.82) is 0 Å². The second kappa shape index (κ2) is 28.7. The van der Waals surface area contributed by atoms with E-state index in [4.69, 9.17) is 14.3 Å². The van der Waals surface area contributed by atoms with Gasteiger partial charge in [-0.1, -0.05) is 254 Å². The topological polar surface area (TPSA) is 56.3 Å². The zero-order valence-electron chi connectivity index (χ0n) is 48.0. The lowest BCUT2D eigenvalue weighted by atomic mass is 9.71. The summed E-state index contributed by atoms with van der Waals surface area (Å²) in [5.74, 6) is 0. The fourth-order valence-corrected chi connectivity index (χ4v) is 11.4. The van der Waals surface area contributed by atoms with Gasteiger partial charge in [-0.2, -0.15) is 9.59 Å². The van der Waals surface area contributed by atoms with E-state index in [1.165, 1.54) is 148 Å². The SMILES string of the molecule is CC(C)(C)C1CCCO1.CC(C)(C)c1ccc(-c2ccccc2)cc1.CC1(c2cnc3ccccc3c2)CCCCC1.CCc1ccc(C2(C)CCCCC2)cc1.Cc1ccc(C2(C)CCCCC2)cc1.O=C=O. The molecule has 4 fully saturated rings. The Hall–Kier alpha value is -5.15. The maximum absolute atomic E-state index is 8.12. The molecule has 1 atom stereocenters. The van der Waals surface area contributed by atoms with Crippen LogP contribution in [0.2, 0.25) is 0 Å². The van der Waals surface area contributed by atoms with E-state index in [2.05, 4.69) is 215 Å². The van der Waals surface area contributed by atoms with Gasteiger partial charge in [0.05, 0.1) is 11.6 Å². The molecule has 1 saturated heterocycles. The number of benzene rings is 5. The highest BCUT2D eigenvalue weighted by Crippen LogP contribution is 2.41. The zero-order valence-corrected chi connectivity index (χ0v) is 48.0. The largest absolute Gasteiger partial charge is 0.378 e. The number of carbonyl (C=O) groups excluding carboxylic acids is 2. The average Bonchev–Trinajstić information content (AvgIpc) is 3.98. The standard InChI is InChI=1S/C16H19N.C16H18.C15H22.C14H20.C8H16O.CO2/c1-16(9-5-2-6-10-16)14-11-13-7-3-4-8-15(13)17-12-14;1-16(2,3)15-11-9-14(10-12-15)13-7-5-4-6-8-13;1-3-13-7-9-14(10-8-13)15(2)11-5-4-6-12-15;1-12-6-8-13(9-7-12)14(2)10-4-3-5-11-14;1-8(2,3)7-5-4-6-9-7;2-1-3/h3-4,7-8,11-12H,2,5-6,9-10H2,1H3;4-12H,1-3H3;7-10H,3-6,11-12H2,1-2H3;6-9H,3-5,10-11H2,1-2H3;7H,4-6H2,1-3H3;. The van der Waals surface area contributed by atoms with Gasteiger partial charge >= 0.3 is 6.15 Å². The molecule has 74 heavy (non-hydrogen) atoms. The molecule has 0 bridgehead atoms. The summed E-state index contributed by atoms with van der Waals surface area (Å²) in [4.78, 5) is 20.9. The van der Waals surface area contributed by atoms with Gasteiger partial charge in [-0.25, -0.2) is 0 Å². The van der Waals surface area contributed by atoms with Crippen molar-refractivity contribution in [2.24, 2.45) is 5.41 Å². The van der Waals surface area contributed by atoms with E-state index in [-0.39, 0.29) is 11.6 Å². The molecule has 3 aliphatic carbocycles. The van der Waals surface area contributed by atoms with E-state index in [1.807, 2.05) is 6.07 Å². The lowest BCUT2D eigenvalue weighted by Crippen LogP contribution is -2.25. The highest BCUT2D eigenvalue weighted by Gasteiger charge is 2.31. The molecule has 6 aromatic rings. The smallest absolute Gasteiger partial charge is 0.373 e.